The Morgan fingerprint density at radius 2 is 1.92 bits per heavy atom. The maximum absolute atomic E-state index is 12.6. The van der Waals surface area contributed by atoms with Gasteiger partial charge in [0.1, 0.15) is 0 Å². The van der Waals surface area contributed by atoms with Crippen molar-refractivity contribution in [3.05, 3.63) is 50.8 Å². The molecule has 0 bridgehead atoms. The average Bonchev–Trinajstić information content (AvgIpc) is 2.93. The third-order valence-corrected chi connectivity index (χ3v) is 4.07. The number of carbonyl (C=O) groups excluding carboxylic acids is 2. The number of hydrogen-bond acceptors (Lipinski definition) is 5. The van der Waals surface area contributed by atoms with Gasteiger partial charge in [-0.1, -0.05) is 34.5 Å². The summed E-state index contributed by atoms with van der Waals surface area (Å²) in [6.45, 7) is 1.71. The second kappa shape index (κ2) is 9.24. The van der Waals surface area contributed by atoms with Crippen molar-refractivity contribution in [1.29, 1.82) is 0 Å². The summed E-state index contributed by atoms with van der Waals surface area (Å²) in [5.41, 5.74) is 0.389. The number of hydroxylamine groups is 1. The number of ether oxygens (including phenoxy) is 1. The number of esters is 1. The Morgan fingerprint density at radius 1 is 1.24 bits per heavy atom. The van der Waals surface area contributed by atoms with E-state index in [1.54, 1.807) is 24.3 Å². The van der Waals surface area contributed by atoms with Gasteiger partial charge >= 0.3 is 11.9 Å². The van der Waals surface area contributed by atoms with Crippen LogP contribution in [0.25, 0.3) is 0 Å². The standard InChI is InChI=1S/C16H14BrCl2NO5/c1-2-7-23-14(21)9-24-20(11-5-3-10(17)4-6-11)16(22)13-8-12(18)15(19)25-13/h3-6,8H,2,7,9H2,1H3. The first kappa shape index (κ1) is 19.8. The van der Waals surface area contributed by atoms with Crippen molar-refractivity contribution < 1.29 is 23.6 Å². The summed E-state index contributed by atoms with van der Waals surface area (Å²) in [5, 5.41) is 0.914. The fourth-order valence-corrected chi connectivity index (χ4v) is 2.29. The van der Waals surface area contributed by atoms with E-state index in [1.165, 1.54) is 6.07 Å². The van der Waals surface area contributed by atoms with Crippen LogP contribution in [0, 0.1) is 0 Å². The smallest absolute Gasteiger partial charge is 0.334 e. The van der Waals surface area contributed by atoms with Crippen LogP contribution < -0.4 is 5.06 Å². The number of amides is 1. The van der Waals surface area contributed by atoms with Crippen LogP contribution in [0.5, 0.6) is 0 Å². The molecule has 2 aromatic rings. The van der Waals surface area contributed by atoms with Crippen LogP contribution in [0.1, 0.15) is 23.9 Å². The number of carbonyl (C=O) groups is 2. The first-order valence-corrected chi connectivity index (χ1v) is 8.80. The highest BCUT2D eigenvalue weighted by atomic mass is 79.9. The van der Waals surface area contributed by atoms with Gasteiger partial charge in [-0.3, -0.25) is 9.63 Å². The molecule has 0 saturated carbocycles. The van der Waals surface area contributed by atoms with Crippen LogP contribution in [-0.4, -0.2) is 25.1 Å². The molecule has 0 aliphatic carbocycles. The van der Waals surface area contributed by atoms with E-state index >= 15 is 0 Å². The number of hydrogen-bond donors (Lipinski definition) is 0. The number of nitrogens with zero attached hydrogens (tertiary/aromatic N) is 1. The summed E-state index contributed by atoms with van der Waals surface area (Å²) < 4.78 is 10.9. The van der Waals surface area contributed by atoms with Gasteiger partial charge in [-0.05, 0) is 42.3 Å². The van der Waals surface area contributed by atoms with Crippen molar-refractivity contribution in [3.8, 4) is 0 Å². The molecule has 1 amide bonds. The fraction of sp³-hybridized carbons (Fsp3) is 0.250. The SMILES string of the molecule is CCCOC(=O)CON(C(=O)c1cc(Cl)c(Cl)o1)c1ccc(Br)cc1. The summed E-state index contributed by atoms with van der Waals surface area (Å²) in [5.74, 6) is -1.38. The lowest BCUT2D eigenvalue weighted by atomic mass is 10.3. The molecule has 134 valence electrons. The van der Waals surface area contributed by atoms with E-state index < -0.39 is 18.5 Å². The number of furan rings is 1. The Kier molecular flexibility index (Phi) is 7.31. The molecule has 0 unspecified atom stereocenters. The van der Waals surface area contributed by atoms with E-state index in [1.807, 2.05) is 6.92 Å². The van der Waals surface area contributed by atoms with Crippen LogP contribution in [0.3, 0.4) is 0 Å². The normalized spacial score (nSPS) is 10.6. The first-order valence-electron chi connectivity index (χ1n) is 7.25. The molecule has 1 aromatic heterocycles. The topological polar surface area (TPSA) is 69.0 Å². The van der Waals surface area contributed by atoms with Gasteiger partial charge in [-0.2, -0.15) is 5.06 Å². The predicted molar refractivity (Wildman–Crippen MR) is 96.9 cm³/mol. The van der Waals surface area contributed by atoms with E-state index in [-0.39, 0.29) is 22.6 Å². The van der Waals surface area contributed by atoms with Gasteiger partial charge in [0.05, 0.1) is 17.3 Å². The highest BCUT2D eigenvalue weighted by Crippen LogP contribution is 2.28. The van der Waals surface area contributed by atoms with Crippen molar-refractivity contribution in [2.24, 2.45) is 0 Å². The second-order valence-electron chi connectivity index (χ2n) is 4.80. The van der Waals surface area contributed by atoms with Gasteiger partial charge in [-0.25, -0.2) is 4.79 Å². The average molecular weight is 451 g/mol. The molecule has 1 heterocycles. The molecule has 0 aliphatic rings. The number of anilines is 1. The molecule has 0 spiro atoms. The lowest BCUT2D eigenvalue weighted by Gasteiger charge is -2.20. The molecular weight excluding hydrogens is 437 g/mol. The Balaban J connectivity index is 2.20. The maximum Gasteiger partial charge on any atom is 0.334 e. The Morgan fingerprint density at radius 3 is 2.48 bits per heavy atom. The Labute approximate surface area is 162 Å². The number of benzene rings is 1. The molecule has 0 fully saturated rings. The van der Waals surface area contributed by atoms with E-state index in [0.717, 1.165) is 9.54 Å². The lowest BCUT2D eigenvalue weighted by molar-refractivity contribution is -0.149. The Bertz CT molecular complexity index is 728. The molecule has 2 rings (SSSR count). The van der Waals surface area contributed by atoms with Crippen LogP contribution in [0.15, 0.2) is 39.2 Å². The minimum Gasteiger partial charge on any atom is -0.464 e. The quantitative estimate of drug-likeness (QED) is 0.444. The summed E-state index contributed by atoms with van der Waals surface area (Å²) in [7, 11) is 0. The zero-order chi connectivity index (χ0) is 18.4. The first-order chi connectivity index (χ1) is 11.9. The fourth-order valence-electron chi connectivity index (χ4n) is 1.75. The zero-order valence-electron chi connectivity index (χ0n) is 13.1. The van der Waals surface area contributed by atoms with Crippen molar-refractivity contribution in [1.82, 2.24) is 0 Å². The van der Waals surface area contributed by atoms with E-state index in [4.69, 9.17) is 37.2 Å². The van der Waals surface area contributed by atoms with Crippen molar-refractivity contribution in [2.75, 3.05) is 18.3 Å². The molecule has 0 aliphatic heterocycles. The van der Waals surface area contributed by atoms with E-state index in [9.17, 15) is 9.59 Å². The largest absolute Gasteiger partial charge is 0.464 e. The van der Waals surface area contributed by atoms with E-state index in [0.29, 0.717) is 12.1 Å². The molecule has 0 atom stereocenters. The van der Waals surface area contributed by atoms with Gasteiger partial charge < -0.3 is 9.15 Å². The molecule has 9 heteroatoms. The van der Waals surface area contributed by atoms with Crippen LogP contribution >= 0.6 is 39.1 Å². The van der Waals surface area contributed by atoms with Crippen LogP contribution in [0.4, 0.5) is 5.69 Å². The van der Waals surface area contributed by atoms with Gasteiger partial charge in [0.2, 0.25) is 5.22 Å². The zero-order valence-corrected chi connectivity index (χ0v) is 16.2. The summed E-state index contributed by atoms with van der Waals surface area (Å²) in [6.07, 6.45) is 0.685. The third kappa shape index (κ3) is 5.47. The van der Waals surface area contributed by atoms with Gasteiger partial charge in [0.25, 0.3) is 0 Å². The van der Waals surface area contributed by atoms with Gasteiger partial charge in [-0.15, -0.1) is 0 Å². The summed E-state index contributed by atoms with van der Waals surface area (Å²) >= 11 is 14.9. The molecule has 0 N–H and O–H groups in total. The summed E-state index contributed by atoms with van der Waals surface area (Å²) in [6, 6.07) is 7.97. The highest BCUT2D eigenvalue weighted by molar-refractivity contribution is 9.10. The van der Waals surface area contributed by atoms with Crippen molar-refractivity contribution in [3.63, 3.8) is 0 Å². The molecule has 1 aromatic carbocycles. The van der Waals surface area contributed by atoms with Gasteiger partial charge in [0, 0.05) is 10.5 Å². The minimum absolute atomic E-state index is 0.100. The van der Waals surface area contributed by atoms with Crippen molar-refractivity contribution in [2.45, 2.75) is 13.3 Å². The molecule has 6 nitrogen and oxygen atoms in total. The Hall–Kier alpha value is -1.54. The maximum atomic E-state index is 12.6. The van der Waals surface area contributed by atoms with E-state index in [2.05, 4.69) is 15.9 Å². The minimum atomic E-state index is -0.667. The van der Waals surface area contributed by atoms with Crippen LogP contribution in [0.2, 0.25) is 10.2 Å². The third-order valence-electron chi connectivity index (χ3n) is 2.88. The molecule has 0 radical (unpaired) electrons. The highest BCUT2D eigenvalue weighted by Gasteiger charge is 2.25. The second-order valence-corrected chi connectivity index (χ2v) is 6.47. The number of halogens is 3. The predicted octanol–water partition coefficient (Wildman–Crippen LogP) is 4.88. The molecular formula is C16H14BrCl2NO5. The lowest BCUT2D eigenvalue weighted by Crippen LogP contribution is -2.33. The monoisotopic (exact) mass is 449 g/mol. The molecule has 0 saturated heterocycles. The van der Waals surface area contributed by atoms with Gasteiger partial charge in [0.15, 0.2) is 12.4 Å². The van der Waals surface area contributed by atoms with Crippen molar-refractivity contribution >= 4 is 56.7 Å². The number of rotatable bonds is 7. The molecule has 25 heavy (non-hydrogen) atoms. The summed E-state index contributed by atoms with van der Waals surface area (Å²) in [4.78, 5) is 29.6. The van der Waals surface area contributed by atoms with Crippen LogP contribution in [-0.2, 0) is 14.4 Å².